The molecule has 0 unspecified atom stereocenters. The third-order valence-corrected chi connectivity index (χ3v) is 10.4. The van der Waals surface area contributed by atoms with Crippen LogP contribution < -0.4 is 24.4 Å². The van der Waals surface area contributed by atoms with Crippen molar-refractivity contribution in [1.29, 1.82) is 0 Å². The molecule has 1 N–H and O–H groups in total. The molecule has 4 heterocycles. The van der Waals surface area contributed by atoms with Crippen LogP contribution in [0.3, 0.4) is 0 Å². The molecule has 0 saturated carbocycles. The number of hydrogen-bond donors (Lipinski definition) is 1. The lowest BCUT2D eigenvalue weighted by Gasteiger charge is -2.28. The highest BCUT2D eigenvalue weighted by Gasteiger charge is 2.29. The second kappa shape index (κ2) is 12.3. The molecule has 15 heteroatoms. The third kappa shape index (κ3) is 6.02. The first-order valence-corrected chi connectivity index (χ1v) is 15.5. The summed E-state index contributed by atoms with van der Waals surface area (Å²) >= 11 is 4.54. The molecule has 0 aliphatic carbocycles. The molecule has 2 aromatic heterocycles. The lowest BCUT2D eigenvalue weighted by Crippen LogP contribution is -2.38. The zero-order valence-electron chi connectivity index (χ0n) is 22.2. The Morgan fingerprint density at radius 1 is 1.00 bits per heavy atom. The van der Waals surface area contributed by atoms with Gasteiger partial charge in [0.05, 0.1) is 38.3 Å². The number of sulfonamides is 1. The quantitative estimate of drug-likeness (QED) is 0.363. The van der Waals surface area contributed by atoms with Crippen molar-refractivity contribution >= 4 is 60.4 Å². The second-order valence-corrected chi connectivity index (χ2v) is 13.4. The smallest absolute Gasteiger partial charge is 0.252 e. The summed E-state index contributed by atoms with van der Waals surface area (Å²) in [6.45, 7) is 2.98. The second-order valence-electron chi connectivity index (χ2n) is 8.82. The van der Waals surface area contributed by atoms with Crippen LogP contribution in [0, 0.1) is 0 Å². The Labute approximate surface area is 245 Å². The fourth-order valence-corrected chi connectivity index (χ4v) is 7.93. The van der Waals surface area contributed by atoms with E-state index in [0.717, 1.165) is 9.36 Å². The van der Waals surface area contributed by atoms with Gasteiger partial charge in [0.1, 0.15) is 4.21 Å². The minimum Gasteiger partial charge on any atom is -0.493 e. The molecule has 0 amide bonds. The van der Waals surface area contributed by atoms with E-state index in [0.29, 0.717) is 84.1 Å². The van der Waals surface area contributed by atoms with Gasteiger partial charge in [-0.2, -0.15) is 19.3 Å². The van der Waals surface area contributed by atoms with Gasteiger partial charge in [-0.3, -0.25) is 0 Å². The molecule has 0 bridgehead atoms. The van der Waals surface area contributed by atoms with Crippen molar-refractivity contribution < 1.29 is 27.4 Å². The fourth-order valence-electron chi connectivity index (χ4n) is 4.39. The number of nitrogens with zero attached hydrogens (tertiary/aromatic N) is 5. The van der Waals surface area contributed by atoms with Crippen LogP contribution in [0.4, 0.5) is 17.6 Å². The Morgan fingerprint density at radius 3 is 2.30 bits per heavy atom. The van der Waals surface area contributed by atoms with E-state index in [2.05, 4.69) is 26.2 Å². The predicted molar refractivity (Wildman–Crippen MR) is 156 cm³/mol. The molecular formula is C25H29BrN6O6S2. The molecule has 3 aromatic rings. The molecule has 2 aliphatic heterocycles. The number of rotatable bonds is 9. The van der Waals surface area contributed by atoms with Gasteiger partial charge in [0.2, 0.25) is 17.6 Å². The van der Waals surface area contributed by atoms with E-state index >= 15 is 0 Å². The van der Waals surface area contributed by atoms with E-state index in [1.807, 2.05) is 11.0 Å². The van der Waals surface area contributed by atoms with E-state index in [1.54, 1.807) is 45.6 Å². The number of morpholine rings is 1. The third-order valence-electron chi connectivity index (χ3n) is 6.44. The summed E-state index contributed by atoms with van der Waals surface area (Å²) in [6, 6.07) is 6.89. The van der Waals surface area contributed by atoms with Crippen LogP contribution >= 0.6 is 27.3 Å². The molecular weight excluding hydrogens is 624 g/mol. The van der Waals surface area contributed by atoms with Gasteiger partial charge < -0.3 is 29.2 Å². The van der Waals surface area contributed by atoms with E-state index in [-0.39, 0.29) is 6.54 Å². The Hall–Kier alpha value is -2.98. The SMILES string of the molecule is COc1cc(Nc2nc(C3=CCN(S(=O)(=O)c4ccc(Br)s4)CC3)nc(N3CCOCC3)n2)cc(OC)c1OC. The lowest BCUT2D eigenvalue weighted by atomic mass is 10.1. The van der Waals surface area contributed by atoms with E-state index in [9.17, 15) is 8.42 Å². The summed E-state index contributed by atoms with van der Waals surface area (Å²) in [4.78, 5) is 16.2. The molecule has 40 heavy (non-hydrogen) atoms. The fraction of sp³-hybridized carbons (Fsp3) is 0.400. The number of nitrogens with one attached hydrogen (secondary N) is 1. The Morgan fingerprint density at radius 2 is 1.73 bits per heavy atom. The van der Waals surface area contributed by atoms with Crippen molar-refractivity contribution in [1.82, 2.24) is 19.3 Å². The molecule has 0 atom stereocenters. The van der Waals surface area contributed by atoms with Crippen LogP contribution in [0.2, 0.25) is 0 Å². The van der Waals surface area contributed by atoms with Crippen LogP contribution in [0.5, 0.6) is 17.2 Å². The van der Waals surface area contributed by atoms with Crippen molar-refractivity contribution in [3.05, 3.63) is 40.0 Å². The van der Waals surface area contributed by atoms with Crippen LogP contribution in [0.15, 0.2) is 38.3 Å². The van der Waals surface area contributed by atoms with Crippen molar-refractivity contribution in [2.75, 3.05) is 70.9 Å². The number of anilines is 3. The Bertz CT molecular complexity index is 1480. The van der Waals surface area contributed by atoms with E-state index in [4.69, 9.17) is 28.9 Å². The van der Waals surface area contributed by atoms with Crippen LogP contribution in [-0.2, 0) is 14.8 Å². The van der Waals surface area contributed by atoms with Crippen molar-refractivity contribution in [2.24, 2.45) is 0 Å². The van der Waals surface area contributed by atoms with Crippen molar-refractivity contribution in [3.63, 3.8) is 0 Å². The van der Waals surface area contributed by atoms with Gasteiger partial charge in [0.15, 0.2) is 17.3 Å². The number of hydrogen-bond acceptors (Lipinski definition) is 12. The number of benzene rings is 1. The van der Waals surface area contributed by atoms with Crippen LogP contribution in [-0.4, -0.2) is 88.4 Å². The monoisotopic (exact) mass is 652 g/mol. The highest BCUT2D eigenvalue weighted by molar-refractivity contribution is 9.11. The van der Waals surface area contributed by atoms with Gasteiger partial charge in [-0.05, 0) is 40.1 Å². The first kappa shape index (κ1) is 28.5. The van der Waals surface area contributed by atoms with E-state index in [1.165, 1.54) is 15.6 Å². The summed E-state index contributed by atoms with van der Waals surface area (Å²) in [6.07, 6.45) is 2.33. The summed E-state index contributed by atoms with van der Waals surface area (Å²) in [5, 5.41) is 3.25. The summed E-state index contributed by atoms with van der Waals surface area (Å²) in [5.41, 5.74) is 1.49. The molecule has 2 aliphatic rings. The van der Waals surface area contributed by atoms with Crippen molar-refractivity contribution in [2.45, 2.75) is 10.6 Å². The number of methoxy groups -OCH3 is 3. The first-order valence-electron chi connectivity index (χ1n) is 12.4. The molecule has 5 rings (SSSR count). The molecule has 1 fully saturated rings. The average Bonchev–Trinajstić information content (AvgIpc) is 3.44. The van der Waals surface area contributed by atoms with E-state index < -0.39 is 10.0 Å². The molecule has 214 valence electrons. The number of ether oxygens (including phenoxy) is 4. The minimum absolute atomic E-state index is 0.224. The molecule has 12 nitrogen and oxygen atoms in total. The first-order chi connectivity index (χ1) is 19.3. The van der Waals surface area contributed by atoms with Gasteiger partial charge >= 0.3 is 0 Å². The van der Waals surface area contributed by atoms with Gasteiger partial charge in [0, 0.05) is 44.0 Å². The zero-order valence-corrected chi connectivity index (χ0v) is 25.4. The predicted octanol–water partition coefficient (Wildman–Crippen LogP) is 3.78. The van der Waals surface area contributed by atoms with Crippen molar-refractivity contribution in [3.8, 4) is 17.2 Å². The van der Waals surface area contributed by atoms with Gasteiger partial charge in [-0.1, -0.05) is 6.08 Å². The normalized spacial score (nSPS) is 16.4. The van der Waals surface area contributed by atoms with Crippen LogP contribution in [0.25, 0.3) is 5.57 Å². The standard InChI is InChI=1S/C25H29BrN6O6S2/c1-35-18-14-17(15-19(36-2)22(18)37-3)27-24-28-23(29-25(30-24)31-10-12-38-13-11-31)16-6-8-32(9-7-16)40(33,34)21-5-4-20(26)39-21/h4-6,14-15H,7-13H2,1-3H3,(H,27,28,29,30). The molecule has 0 radical (unpaired) electrons. The zero-order chi connectivity index (χ0) is 28.3. The highest BCUT2D eigenvalue weighted by Crippen LogP contribution is 2.40. The van der Waals surface area contributed by atoms with Gasteiger partial charge in [-0.15, -0.1) is 11.3 Å². The van der Waals surface area contributed by atoms with Crippen LogP contribution in [0.1, 0.15) is 12.2 Å². The number of halogens is 1. The van der Waals surface area contributed by atoms with Gasteiger partial charge in [-0.25, -0.2) is 8.42 Å². The minimum atomic E-state index is -3.58. The molecule has 1 aromatic carbocycles. The highest BCUT2D eigenvalue weighted by atomic mass is 79.9. The lowest BCUT2D eigenvalue weighted by molar-refractivity contribution is 0.122. The average molecular weight is 654 g/mol. The topological polar surface area (TPSA) is 128 Å². The maximum absolute atomic E-state index is 13.1. The Kier molecular flexibility index (Phi) is 8.75. The molecule has 1 saturated heterocycles. The Balaban J connectivity index is 1.46. The maximum Gasteiger partial charge on any atom is 0.252 e. The maximum atomic E-state index is 13.1. The number of thiophene rings is 1. The summed E-state index contributed by atoms with van der Waals surface area (Å²) in [5.74, 6) is 2.79. The summed E-state index contributed by atoms with van der Waals surface area (Å²) in [7, 11) is 1.06. The summed E-state index contributed by atoms with van der Waals surface area (Å²) < 4.78 is 50.6. The molecule has 0 spiro atoms. The largest absolute Gasteiger partial charge is 0.493 e. The van der Waals surface area contributed by atoms with Gasteiger partial charge in [0.25, 0.3) is 10.0 Å². The number of aromatic nitrogens is 3.